The fraction of sp³-hybridized carbons (Fsp3) is 0.467. The molecule has 0 saturated heterocycles. The van der Waals surface area contributed by atoms with Crippen LogP contribution in [0.15, 0.2) is 12.1 Å². The van der Waals surface area contributed by atoms with Crippen molar-refractivity contribution in [3.63, 3.8) is 0 Å². The highest BCUT2D eigenvalue weighted by atomic mass is 35.5. The minimum Gasteiger partial charge on any atom is -0.478 e. The molecule has 0 saturated carbocycles. The van der Waals surface area contributed by atoms with Crippen LogP contribution in [-0.4, -0.2) is 33.9 Å². The van der Waals surface area contributed by atoms with Gasteiger partial charge in [-0.15, -0.1) is 0 Å². The molecule has 1 aromatic carbocycles. The number of carbonyl (C=O) groups is 2. The van der Waals surface area contributed by atoms with Crippen molar-refractivity contribution in [3.8, 4) is 0 Å². The molecule has 0 aliphatic carbocycles. The van der Waals surface area contributed by atoms with E-state index in [1.165, 1.54) is 25.3 Å². The van der Waals surface area contributed by atoms with E-state index in [9.17, 15) is 9.59 Å². The third-order valence-electron chi connectivity index (χ3n) is 2.79. The quantitative estimate of drug-likeness (QED) is 0.697. The van der Waals surface area contributed by atoms with E-state index in [1.807, 2.05) is 0 Å². The van der Waals surface area contributed by atoms with Crippen LogP contribution in [0, 0.1) is 6.92 Å². The zero-order valence-corrected chi connectivity index (χ0v) is 13.0. The number of unbranched alkanes of at least 4 members (excludes halogenated alkanes) is 3. The fourth-order valence-corrected chi connectivity index (χ4v) is 1.90. The second kappa shape index (κ2) is 10.2. The maximum absolute atomic E-state index is 10.7. The molecule has 0 aliphatic rings. The van der Waals surface area contributed by atoms with E-state index in [1.54, 1.807) is 6.92 Å². The van der Waals surface area contributed by atoms with Crippen molar-refractivity contribution in [1.82, 2.24) is 0 Å². The molecular weight excluding hydrogens is 296 g/mol. The number of benzene rings is 1. The molecule has 3 N–H and O–H groups in total. The number of carboxylic acid groups (broad SMARTS) is 2. The summed E-state index contributed by atoms with van der Waals surface area (Å²) in [6.45, 7) is 4.08. The van der Waals surface area contributed by atoms with E-state index in [0.29, 0.717) is 12.2 Å². The van der Waals surface area contributed by atoms with Gasteiger partial charge in [-0.05, 0) is 31.0 Å². The van der Waals surface area contributed by atoms with Crippen molar-refractivity contribution >= 4 is 23.5 Å². The Morgan fingerprint density at radius 1 is 1.05 bits per heavy atom. The van der Waals surface area contributed by atoms with Gasteiger partial charge in [0.05, 0.1) is 16.1 Å². The number of rotatable bonds is 6. The maximum Gasteiger partial charge on any atom is 0.337 e. The lowest BCUT2D eigenvalue weighted by Crippen LogP contribution is -2.05. The molecule has 0 radical (unpaired) electrons. The summed E-state index contributed by atoms with van der Waals surface area (Å²) in [5, 5.41) is 25.7. The monoisotopic (exact) mass is 316 g/mol. The minimum atomic E-state index is -1.24. The van der Waals surface area contributed by atoms with Gasteiger partial charge in [-0.1, -0.05) is 37.8 Å². The Morgan fingerprint density at radius 2 is 1.62 bits per heavy atom. The van der Waals surface area contributed by atoms with E-state index in [0.717, 1.165) is 12.5 Å². The highest BCUT2D eigenvalue weighted by Gasteiger charge is 2.15. The molecular formula is C15H21ClO5. The molecule has 0 fully saturated rings. The highest BCUT2D eigenvalue weighted by molar-refractivity contribution is 6.33. The summed E-state index contributed by atoms with van der Waals surface area (Å²) in [5.41, 5.74) is 0.189. The van der Waals surface area contributed by atoms with E-state index in [-0.39, 0.29) is 16.1 Å². The first-order chi connectivity index (χ1) is 9.84. The number of hydrogen-bond acceptors (Lipinski definition) is 3. The smallest absolute Gasteiger partial charge is 0.337 e. The van der Waals surface area contributed by atoms with E-state index in [4.69, 9.17) is 26.9 Å². The largest absolute Gasteiger partial charge is 0.478 e. The van der Waals surface area contributed by atoms with Gasteiger partial charge in [0.25, 0.3) is 0 Å². The third-order valence-corrected chi connectivity index (χ3v) is 3.10. The molecule has 0 heterocycles. The molecule has 0 unspecified atom stereocenters. The molecule has 118 valence electrons. The number of aliphatic hydroxyl groups is 1. The number of aromatic carboxylic acids is 2. The first-order valence-corrected chi connectivity index (χ1v) is 7.10. The SMILES string of the molecule is CCCCCCO.Cc1cc(Cl)c(C(=O)O)cc1C(=O)O. The van der Waals surface area contributed by atoms with E-state index in [2.05, 4.69) is 6.92 Å². The molecule has 0 aromatic heterocycles. The van der Waals surface area contributed by atoms with Crippen LogP contribution in [0.4, 0.5) is 0 Å². The van der Waals surface area contributed by atoms with Crippen molar-refractivity contribution < 1.29 is 24.9 Å². The molecule has 1 rings (SSSR count). The molecule has 0 amide bonds. The lowest BCUT2D eigenvalue weighted by Gasteiger charge is -2.04. The average molecular weight is 317 g/mol. The summed E-state index contributed by atoms with van der Waals surface area (Å²) in [4.78, 5) is 21.3. The van der Waals surface area contributed by atoms with Gasteiger partial charge in [0, 0.05) is 6.61 Å². The Labute approximate surface area is 129 Å². The van der Waals surface area contributed by atoms with E-state index >= 15 is 0 Å². The minimum absolute atomic E-state index is 0.0417. The first kappa shape index (κ1) is 19.4. The zero-order chi connectivity index (χ0) is 16.4. The predicted molar refractivity (Wildman–Crippen MR) is 81.3 cm³/mol. The van der Waals surface area contributed by atoms with Gasteiger partial charge in [-0.3, -0.25) is 0 Å². The summed E-state index contributed by atoms with van der Waals surface area (Å²) in [6.07, 6.45) is 4.68. The van der Waals surface area contributed by atoms with Crippen molar-refractivity contribution in [2.45, 2.75) is 39.5 Å². The van der Waals surface area contributed by atoms with Crippen LogP contribution in [0.5, 0.6) is 0 Å². The molecule has 6 heteroatoms. The van der Waals surface area contributed by atoms with Gasteiger partial charge in [-0.25, -0.2) is 9.59 Å². The van der Waals surface area contributed by atoms with Gasteiger partial charge in [0.2, 0.25) is 0 Å². The van der Waals surface area contributed by atoms with Crippen molar-refractivity contribution in [2.75, 3.05) is 6.61 Å². The standard InChI is InChI=1S/C9H7ClO4.C6H14O/c1-4-2-7(10)6(9(13)14)3-5(4)8(11)12;1-2-3-4-5-6-7/h2-3H,1H3,(H,11,12)(H,13,14);7H,2-6H2,1H3. The van der Waals surface area contributed by atoms with Crippen molar-refractivity contribution in [1.29, 1.82) is 0 Å². The maximum atomic E-state index is 10.7. The molecule has 5 nitrogen and oxygen atoms in total. The summed E-state index contributed by atoms with van der Waals surface area (Å²) in [6, 6.07) is 2.39. The lowest BCUT2D eigenvalue weighted by molar-refractivity contribution is 0.0695. The average Bonchev–Trinajstić information content (AvgIpc) is 2.39. The fourth-order valence-electron chi connectivity index (χ4n) is 1.61. The summed E-state index contributed by atoms with van der Waals surface area (Å²) < 4.78 is 0. The normalized spacial score (nSPS) is 9.71. The van der Waals surface area contributed by atoms with Crippen LogP contribution in [-0.2, 0) is 0 Å². The van der Waals surface area contributed by atoms with E-state index < -0.39 is 11.9 Å². The van der Waals surface area contributed by atoms with Crippen LogP contribution in [0.25, 0.3) is 0 Å². The number of halogens is 1. The summed E-state index contributed by atoms with van der Waals surface area (Å²) in [5.74, 6) is -2.40. The Bertz CT molecular complexity index is 446. The number of carboxylic acids is 2. The first-order valence-electron chi connectivity index (χ1n) is 6.72. The molecule has 0 spiro atoms. The molecule has 0 bridgehead atoms. The Hall–Kier alpha value is -1.59. The summed E-state index contributed by atoms with van der Waals surface area (Å²) >= 11 is 5.63. The molecule has 21 heavy (non-hydrogen) atoms. The van der Waals surface area contributed by atoms with Gasteiger partial charge < -0.3 is 15.3 Å². The number of aliphatic hydroxyl groups excluding tert-OH is 1. The molecule has 0 aliphatic heterocycles. The van der Waals surface area contributed by atoms with Gasteiger partial charge >= 0.3 is 11.9 Å². The van der Waals surface area contributed by atoms with Crippen LogP contribution in [0.2, 0.25) is 5.02 Å². The second-order valence-electron chi connectivity index (χ2n) is 4.54. The molecule has 1 aromatic rings. The highest BCUT2D eigenvalue weighted by Crippen LogP contribution is 2.21. The van der Waals surface area contributed by atoms with Gasteiger partial charge in [-0.2, -0.15) is 0 Å². The topological polar surface area (TPSA) is 94.8 Å². The summed E-state index contributed by atoms with van der Waals surface area (Å²) in [7, 11) is 0. The Morgan fingerprint density at radius 3 is 2.05 bits per heavy atom. The Kier molecular flexibility index (Phi) is 9.41. The van der Waals surface area contributed by atoms with Crippen LogP contribution < -0.4 is 0 Å². The van der Waals surface area contributed by atoms with Crippen molar-refractivity contribution in [2.24, 2.45) is 0 Å². The Balaban J connectivity index is 0.000000486. The van der Waals surface area contributed by atoms with Crippen LogP contribution in [0.1, 0.15) is 58.9 Å². The van der Waals surface area contributed by atoms with Crippen molar-refractivity contribution in [3.05, 3.63) is 33.8 Å². The third kappa shape index (κ3) is 7.11. The number of aryl methyl sites for hydroxylation is 1. The number of hydrogen-bond donors (Lipinski definition) is 3. The predicted octanol–water partition coefficient (Wildman–Crippen LogP) is 3.60. The second-order valence-corrected chi connectivity index (χ2v) is 4.95. The zero-order valence-electron chi connectivity index (χ0n) is 12.2. The van der Waals surface area contributed by atoms with Gasteiger partial charge in [0.1, 0.15) is 0 Å². The van der Waals surface area contributed by atoms with Crippen LogP contribution >= 0.6 is 11.6 Å². The lowest BCUT2D eigenvalue weighted by atomic mass is 10.1. The van der Waals surface area contributed by atoms with Crippen LogP contribution in [0.3, 0.4) is 0 Å². The van der Waals surface area contributed by atoms with Gasteiger partial charge in [0.15, 0.2) is 0 Å². The molecule has 0 atom stereocenters.